The van der Waals surface area contributed by atoms with Crippen LogP contribution in [0.2, 0.25) is 0 Å². The molecule has 0 bridgehead atoms. The summed E-state index contributed by atoms with van der Waals surface area (Å²) < 4.78 is 0. The predicted molar refractivity (Wildman–Crippen MR) is 117 cm³/mol. The van der Waals surface area contributed by atoms with Crippen molar-refractivity contribution in [3.8, 4) is 0 Å². The molecule has 0 nitrogen and oxygen atoms in total. The van der Waals surface area contributed by atoms with Crippen molar-refractivity contribution in [2.75, 3.05) is 18.8 Å². The van der Waals surface area contributed by atoms with Crippen molar-refractivity contribution >= 4 is 46.2 Å². The van der Waals surface area contributed by atoms with E-state index in [1.807, 2.05) is 0 Å². The Morgan fingerprint density at radius 1 is 0.440 bits per heavy atom. The molecular formula is C21H21S4+. The second-order valence-electron chi connectivity index (χ2n) is 5.33. The van der Waals surface area contributed by atoms with Crippen molar-refractivity contribution < 1.29 is 0 Å². The van der Waals surface area contributed by atoms with Gasteiger partial charge in [0.1, 0.15) is 0 Å². The van der Waals surface area contributed by atoms with Crippen LogP contribution in [-0.4, -0.2) is 18.8 Å². The van der Waals surface area contributed by atoms with Crippen LogP contribution in [0.4, 0.5) is 0 Å². The monoisotopic (exact) mass is 401 g/mol. The molecule has 0 aliphatic rings. The molecule has 25 heavy (non-hydrogen) atoms. The summed E-state index contributed by atoms with van der Waals surface area (Å²) in [6, 6.07) is 27.0. The molecule has 0 spiro atoms. The summed E-state index contributed by atoms with van der Waals surface area (Å²) in [5.74, 6) is 0. The topological polar surface area (TPSA) is 0 Å². The van der Waals surface area contributed by atoms with E-state index >= 15 is 0 Å². The highest BCUT2D eigenvalue weighted by Gasteiger charge is 2.28. The van der Waals surface area contributed by atoms with E-state index in [9.17, 15) is 0 Å². The first kappa shape index (κ1) is 18.8. The van der Waals surface area contributed by atoms with Crippen molar-refractivity contribution in [1.29, 1.82) is 0 Å². The smallest absolute Gasteiger partial charge is 0.130 e. The summed E-state index contributed by atoms with van der Waals surface area (Å²) >= 11 is 5.36. The minimum absolute atomic E-state index is 0.0732. The quantitative estimate of drug-likeness (QED) is 0.324. The van der Waals surface area contributed by atoms with Crippen LogP contribution < -0.4 is 0 Å². The van der Waals surface area contributed by atoms with E-state index in [0.29, 0.717) is 0 Å². The summed E-state index contributed by atoms with van der Waals surface area (Å²) in [7, 11) is -0.0732. The number of benzene rings is 3. The average molecular weight is 402 g/mol. The van der Waals surface area contributed by atoms with Gasteiger partial charge in [-0.05, 0) is 91.6 Å². The third-order valence-electron chi connectivity index (χ3n) is 3.89. The molecule has 0 unspecified atom stereocenters. The first-order valence-corrected chi connectivity index (χ1v) is 12.8. The number of hydrogen-bond donors (Lipinski definition) is 0. The molecule has 3 aromatic rings. The van der Waals surface area contributed by atoms with E-state index in [0.717, 1.165) is 0 Å². The standard InChI is InChI=1S/C21H21S4/c1-22-16-4-10-19(11-5-16)25(20-12-6-17(23-2)7-13-20)21-14-8-18(24-3)9-15-21/h4-15H,1-3H3/q+1. The molecule has 0 aromatic heterocycles. The van der Waals surface area contributed by atoms with Gasteiger partial charge in [-0.1, -0.05) is 0 Å². The molecule has 3 aromatic carbocycles. The average Bonchev–Trinajstić information content (AvgIpc) is 2.70. The van der Waals surface area contributed by atoms with Gasteiger partial charge >= 0.3 is 0 Å². The fraction of sp³-hybridized carbons (Fsp3) is 0.143. The zero-order valence-corrected chi connectivity index (χ0v) is 17.8. The van der Waals surface area contributed by atoms with E-state index in [-0.39, 0.29) is 10.9 Å². The van der Waals surface area contributed by atoms with Crippen molar-refractivity contribution in [2.24, 2.45) is 0 Å². The van der Waals surface area contributed by atoms with Crippen molar-refractivity contribution in [3.63, 3.8) is 0 Å². The summed E-state index contributed by atoms with van der Waals surface area (Å²) in [6.07, 6.45) is 6.37. The van der Waals surface area contributed by atoms with Crippen LogP contribution in [-0.2, 0) is 10.9 Å². The predicted octanol–water partition coefficient (Wildman–Crippen LogP) is 6.95. The molecule has 0 saturated heterocycles. The molecule has 0 saturated carbocycles. The molecule has 3 rings (SSSR count). The van der Waals surface area contributed by atoms with Gasteiger partial charge in [0, 0.05) is 14.7 Å². The summed E-state index contributed by atoms with van der Waals surface area (Å²) in [5, 5.41) is 0. The first-order chi connectivity index (χ1) is 12.2. The van der Waals surface area contributed by atoms with E-state index < -0.39 is 0 Å². The lowest BCUT2D eigenvalue weighted by Crippen LogP contribution is -2.04. The molecule has 0 aliphatic carbocycles. The van der Waals surface area contributed by atoms with E-state index in [4.69, 9.17) is 0 Å². The lowest BCUT2D eigenvalue weighted by molar-refractivity contribution is 1.26. The lowest BCUT2D eigenvalue weighted by Gasteiger charge is -2.09. The first-order valence-electron chi connectivity index (χ1n) is 7.91. The van der Waals surface area contributed by atoms with E-state index in [2.05, 4.69) is 91.6 Å². The SMILES string of the molecule is CSc1ccc([S+](c2ccc(SC)cc2)c2ccc(SC)cc2)cc1. The maximum Gasteiger partial charge on any atom is 0.166 e. The Morgan fingerprint density at radius 2 is 0.680 bits per heavy atom. The van der Waals surface area contributed by atoms with Gasteiger partial charge in [-0.3, -0.25) is 0 Å². The molecule has 0 aliphatic heterocycles. The van der Waals surface area contributed by atoms with Crippen LogP contribution in [0.5, 0.6) is 0 Å². The third kappa shape index (κ3) is 4.62. The Hall–Kier alpha value is -0.940. The highest BCUT2D eigenvalue weighted by molar-refractivity contribution is 7.99. The summed E-state index contributed by atoms with van der Waals surface area (Å²) in [6.45, 7) is 0. The Bertz CT molecular complexity index is 680. The third-order valence-corrected chi connectivity index (χ3v) is 8.35. The zero-order valence-electron chi connectivity index (χ0n) is 14.6. The molecule has 0 fully saturated rings. The fourth-order valence-corrected chi connectivity index (χ4v) is 5.81. The molecular weight excluding hydrogens is 380 g/mol. The second kappa shape index (κ2) is 9.13. The van der Waals surface area contributed by atoms with Crippen molar-refractivity contribution in [3.05, 3.63) is 72.8 Å². The van der Waals surface area contributed by atoms with E-state index in [1.165, 1.54) is 29.4 Å². The van der Waals surface area contributed by atoms with Crippen LogP contribution in [0.15, 0.2) is 102 Å². The largest absolute Gasteiger partial charge is 0.166 e. The minimum atomic E-state index is -0.0732. The highest BCUT2D eigenvalue weighted by atomic mass is 32.2. The fourth-order valence-electron chi connectivity index (χ4n) is 2.54. The normalized spacial score (nSPS) is 11.0. The van der Waals surface area contributed by atoms with Gasteiger partial charge in [0.15, 0.2) is 14.7 Å². The summed E-state index contributed by atoms with van der Waals surface area (Å²) in [4.78, 5) is 8.03. The van der Waals surface area contributed by atoms with Gasteiger partial charge in [-0.2, -0.15) is 0 Å². The molecule has 4 heteroatoms. The molecule has 0 amide bonds. The van der Waals surface area contributed by atoms with Crippen molar-refractivity contribution in [1.82, 2.24) is 0 Å². The Balaban J connectivity index is 2.04. The number of hydrogen-bond acceptors (Lipinski definition) is 3. The number of thioether (sulfide) groups is 3. The maximum absolute atomic E-state index is 2.28. The molecule has 0 radical (unpaired) electrons. The molecule has 0 heterocycles. The van der Waals surface area contributed by atoms with Gasteiger partial charge < -0.3 is 0 Å². The second-order valence-corrected chi connectivity index (χ2v) is 10.00. The van der Waals surface area contributed by atoms with Crippen LogP contribution in [0, 0.1) is 0 Å². The number of rotatable bonds is 6. The summed E-state index contributed by atoms with van der Waals surface area (Å²) in [5.41, 5.74) is 0. The Labute approximate surface area is 166 Å². The van der Waals surface area contributed by atoms with Gasteiger partial charge in [-0.25, -0.2) is 0 Å². The van der Waals surface area contributed by atoms with Gasteiger partial charge in [0.05, 0.1) is 10.9 Å². The van der Waals surface area contributed by atoms with Crippen LogP contribution in [0.1, 0.15) is 0 Å². The minimum Gasteiger partial charge on any atom is -0.130 e. The highest BCUT2D eigenvalue weighted by Crippen LogP contribution is 2.33. The lowest BCUT2D eigenvalue weighted by atomic mass is 10.3. The van der Waals surface area contributed by atoms with E-state index in [1.54, 1.807) is 35.3 Å². The molecule has 0 N–H and O–H groups in total. The van der Waals surface area contributed by atoms with Gasteiger partial charge in [0.2, 0.25) is 0 Å². The van der Waals surface area contributed by atoms with Crippen LogP contribution >= 0.6 is 35.3 Å². The maximum atomic E-state index is 2.28. The van der Waals surface area contributed by atoms with Crippen molar-refractivity contribution in [2.45, 2.75) is 29.4 Å². The van der Waals surface area contributed by atoms with Crippen LogP contribution in [0.3, 0.4) is 0 Å². The molecule has 128 valence electrons. The Morgan fingerprint density at radius 3 is 0.880 bits per heavy atom. The van der Waals surface area contributed by atoms with Crippen LogP contribution in [0.25, 0.3) is 0 Å². The molecule has 0 atom stereocenters. The van der Waals surface area contributed by atoms with Gasteiger partial charge in [0.25, 0.3) is 0 Å². The zero-order chi connectivity index (χ0) is 17.6. The Kier molecular flexibility index (Phi) is 6.88. The van der Waals surface area contributed by atoms with Gasteiger partial charge in [-0.15, -0.1) is 35.3 Å².